The molecule has 0 saturated carbocycles. The topological polar surface area (TPSA) is 29.1 Å². The van der Waals surface area contributed by atoms with Gasteiger partial charge in [0.05, 0.1) is 0 Å². The Kier molecular flexibility index (Phi) is 4.51. The molecule has 2 heteroatoms. The Morgan fingerprint density at radius 1 is 1.00 bits per heavy atom. The number of amides is 1. The van der Waals surface area contributed by atoms with Gasteiger partial charge in [-0.25, -0.2) is 0 Å². The van der Waals surface area contributed by atoms with Crippen molar-refractivity contribution in [1.29, 1.82) is 0 Å². The summed E-state index contributed by atoms with van der Waals surface area (Å²) in [6.07, 6.45) is 2.93. The van der Waals surface area contributed by atoms with Gasteiger partial charge < -0.3 is 5.32 Å². The van der Waals surface area contributed by atoms with E-state index in [0.29, 0.717) is 12.8 Å². The average Bonchev–Trinajstić information content (AvgIpc) is 2.47. The standard InChI is InChI=1S/C17H17NO/c1-2-3-9-17(19)18-16-12-10-15(11-13-16)14-7-5-4-6-8-14/h2,4-8,10-13H,1,3,9H2,(H,18,19). The van der Waals surface area contributed by atoms with Gasteiger partial charge in [-0.2, -0.15) is 0 Å². The van der Waals surface area contributed by atoms with Gasteiger partial charge in [0.25, 0.3) is 0 Å². The van der Waals surface area contributed by atoms with Gasteiger partial charge in [-0.05, 0) is 29.7 Å². The van der Waals surface area contributed by atoms with Gasteiger partial charge in [0.1, 0.15) is 0 Å². The van der Waals surface area contributed by atoms with Crippen molar-refractivity contribution in [3.05, 3.63) is 67.3 Å². The third-order valence-electron chi connectivity index (χ3n) is 2.85. The number of nitrogens with one attached hydrogen (secondary N) is 1. The van der Waals surface area contributed by atoms with E-state index in [1.54, 1.807) is 6.08 Å². The van der Waals surface area contributed by atoms with Gasteiger partial charge in [0, 0.05) is 12.1 Å². The highest BCUT2D eigenvalue weighted by atomic mass is 16.1. The van der Waals surface area contributed by atoms with E-state index in [1.165, 1.54) is 5.56 Å². The monoisotopic (exact) mass is 251 g/mol. The minimum absolute atomic E-state index is 0.0207. The number of benzene rings is 2. The Bertz CT molecular complexity index is 543. The molecular formula is C17H17NO. The van der Waals surface area contributed by atoms with Crippen molar-refractivity contribution in [3.8, 4) is 11.1 Å². The average molecular weight is 251 g/mol. The van der Waals surface area contributed by atoms with Crippen molar-refractivity contribution in [2.24, 2.45) is 0 Å². The molecule has 2 aromatic carbocycles. The van der Waals surface area contributed by atoms with Crippen LogP contribution in [0.25, 0.3) is 11.1 Å². The van der Waals surface area contributed by atoms with Crippen LogP contribution in [-0.2, 0) is 4.79 Å². The summed E-state index contributed by atoms with van der Waals surface area (Å²) in [5.74, 6) is 0.0207. The fourth-order valence-electron chi connectivity index (χ4n) is 1.83. The zero-order valence-corrected chi connectivity index (χ0v) is 10.8. The van der Waals surface area contributed by atoms with Crippen LogP contribution in [0.1, 0.15) is 12.8 Å². The number of hydrogen-bond acceptors (Lipinski definition) is 1. The summed E-state index contributed by atoms with van der Waals surface area (Å²) < 4.78 is 0. The van der Waals surface area contributed by atoms with E-state index in [9.17, 15) is 4.79 Å². The van der Waals surface area contributed by atoms with Crippen LogP contribution in [0.15, 0.2) is 67.3 Å². The van der Waals surface area contributed by atoms with Crippen LogP contribution in [0.3, 0.4) is 0 Å². The Morgan fingerprint density at radius 3 is 2.26 bits per heavy atom. The van der Waals surface area contributed by atoms with Gasteiger partial charge in [0.2, 0.25) is 5.91 Å². The molecule has 1 amide bonds. The largest absolute Gasteiger partial charge is 0.326 e. The first-order chi connectivity index (χ1) is 9.29. The summed E-state index contributed by atoms with van der Waals surface area (Å²) in [6.45, 7) is 3.60. The zero-order chi connectivity index (χ0) is 13.5. The maximum absolute atomic E-state index is 11.6. The molecule has 2 rings (SSSR count). The molecule has 0 aliphatic carbocycles. The molecule has 0 atom stereocenters. The smallest absolute Gasteiger partial charge is 0.224 e. The molecule has 2 nitrogen and oxygen atoms in total. The lowest BCUT2D eigenvalue weighted by Gasteiger charge is -2.06. The second kappa shape index (κ2) is 6.55. The van der Waals surface area contributed by atoms with Crippen molar-refractivity contribution in [2.45, 2.75) is 12.8 Å². The number of carbonyl (C=O) groups excluding carboxylic acids is 1. The second-order valence-corrected chi connectivity index (χ2v) is 4.32. The van der Waals surface area contributed by atoms with Gasteiger partial charge in [-0.15, -0.1) is 6.58 Å². The zero-order valence-electron chi connectivity index (χ0n) is 10.8. The van der Waals surface area contributed by atoms with E-state index >= 15 is 0 Å². The number of allylic oxidation sites excluding steroid dienone is 1. The van der Waals surface area contributed by atoms with E-state index in [1.807, 2.05) is 42.5 Å². The highest BCUT2D eigenvalue weighted by molar-refractivity contribution is 5.91. The molecule has 19 heavy (non-hydrogen) atoms. The number of hydrogen-bond donors (Lipinski definition) is 1. The molecule has 96 valence electrons. The van der Waals surface area contributed by atoms with Crippen molar-refractivity contribution in [3.63, 3.8) is 0 Å². The predicted molar refractivity (Wildman–Crippen MR) is 79.9 cm³/mol. The Labute approximate surface area is 113 Å². The first kappa shape index (κ1) is 13.1. The Morgan fingerprint density at radius 2 is 1.63 bits per heavy atom. The van der Waals surface area contributed by atoms with E-state index in [4.69, 9.17) is 0 Å². The maximum Gasteiger partial charge on any atom is 0.224 e. The summed E-state index contributed by atoms with van der Waals surface area (Å²) >= 11 is 0. The van der Waals surface area contributed by atoms with Gasteiger partial charge in [0.15, 0.2) is 0 Å². The lowest BCUT2D eigenvalue weighted by Crippen LogP contribution is -2.10. The van der Waals surface area contributed by atoms with Crippen LogP contribution in [0.2, 0.25) is 0 Å². The lowest BCUT2D eigenvalue weighted by atomic mass is 10.1. The minimum atomic E-state index is 0.0207. The summed E-state index contributed by atoms with van der Waals surface area (Å²) in [5.41, 5.74) is 3.14. The molecule has 0 bridgehead atoms. The van der Waals surface area contributed by atoms with Gasteiger partial charge in [-0.1, -0.05) is 48.5 Å². The fraction of sp³-hybridized carbons (Fsp3) is 0.118. The Balaban J connectivity index is 2.03. The van der Waals surface area contributed by atoms with Crippen molar-refractivity contribution in [1.82, 2.24) is 0 Å². The molecule has 0 saturated heterocycles. The molecule has 0 radical (unpaired) electrons. The highest BCUT2D eigenvalue weighted by Gasteiger charge is 2.01. The van der Waals surface area contributed by atoms with E-state index in [2.05, 4.69) is 24.0 Å². The fourth-order valence-corrected chi connectivity index (χ4v) is 1.83. The first-order valence-corrected chi connectivity index (χ1v) is 6.36. The summed E-state index contributed by atoms with van der Waals surface area (Å²) in [7, 11) is 0. The summed E-state index contributed by atoms with van der Waals surface area (Å²) in [5, 5.41) is 2.87. The molecule has 0 aromatic heterocycles. The quantitative estimate of drug-likeness (QED) is 0.790. The summed E-state index contributed by atoms with van der Waals surface area (Å²) in [6, 6.07) is 18.0. The molecule has 0 aliphatic rings. The minimum Gasteiger partial charge on any atom is -0.326 e. The molecule has 0 aliphatic heterocycles. The first-order valence-electron chi connectivity index (χ1n) is 6.36. The summed E-state index contributed by atoms with van der Waals surface area (Å²) in [4.78, 5) is 11.6. The second-order valence-electron chi connectivity index (χ2n) is 4.32. The molecule has 2 aromatic rings. The molecular weight excluding hydrogens is 234 g/mol. The third-order valence-corrected chi connectivity index (χ3v) is 2.85. The molecule has 0 unspecified atom stereocenters. The van der Waals surface area contributed by atoms with Crippen molar-refractivity contribution >= 4 is 11.6 Å². The van der Waals surface area contributed by atoms with Crippen LogP contribution in [-0.4, -0.2) is 5.91 Å². The number of rotatable bonds is 5. The highest BCUT2D eigenvalue weighted by Crippen LogP contribution is 2.21. The SMILES string of the molecule is C=CCCC(=O)Nc1ccc(-c2ccccc2)cc1. The van der Waals surface area contributed by atoms with E-state index in [0.717, 1.165) is 11.3 Å². The van der Waals surface area contributed by atoms with E-state index < -0.39 is 0 Å². The predicted octanol–water partition coefficient (Wildman–Crippen LogP) is 4.26. The van der Waals surface area contributed by atoms with Crippen molar-refractivity contribution < 1.29 is 4.79 Å². The molecule has 0 spiro atoms. The normalized spacial score (nSPS) is 9.89. The van der Waals surface area contributed by atoms with Crippen LogP contribution >= 0.6 is 0 Å². The van der Waals surface area contributed by atoms with Crippen LogP contribution in [0.5, 0.6) is 0 Å². The third kappa shape index (κ3) is 3.81. The van der Waals surface area contributed by atoms with Crippen molar-refractivity contribution in [2.75, 3.05) is 5.32 Å². The van der Waals surface area contributed by atoms with Gasteiger partial charge in [-0.3, -0.25) is 4.79 Å². The molecule has 0 heterocycles. The maximum atomic E-state index is 11.6. The van der Waals surface area contributed by atoms with Crippen LogP contribution < -0.4 is 5.32 Å². The Hall–Kier alpha value is -2.35. The molecule has 1 N–H and O–H groups in total. The van der Waals surface area contributed by atoms with Crippen LogP contribution in [0, 0.1) is 0 Å². The molecule has 0 fully saturated rings. The number of carbonyl (C=O) groups is 1. The number of anilines is 1. The lowest BCUT2D eigenvalue weighted by molar-refractivity contribution is -0.116. The van der Waals surface area contributed by atoms with E-state index in [-0.39, 0.29) is 5.91 Å². The van der Waals surface area contributed by atoms with Gasteiger partial charge >= 0.3 is 0 Å². The van der Waals surface area contributed by atoms with Crippen LogP contribution in [0.4, 0.5) is 5.69 Å².